The Morgan fingerprint density at radius 2 is 1.83 bits per heavy atom. The van der Waals surface area contributed by atoms with E-state index in [1.54, 1.807) is 6.07 Å². The SMILES string of the molecule is NCCc1ccc(O)c(O)c1.[Si]. The molecule has 0 aliphatic carbocycles. The topological polar surface area (TPSA) is 66.5 Å². The predicted octanol–water partition coefficient (Wildman–Crippen LogP) is 0.218. The molecule has 0 aliphatic rings. The van der Waals surface area contributed by atoms with Crippen LogP contribution in [0.1, 0.15) is 5.56 Å². The van der Waals surface area contributed by atoms with Crippen molar-refractivity contribution in [1.29, 1.82) is 0 Å². The summed E-state index contributed by atoms with van der Waals surface area (Å²) >= 11 is 0. The quantitative estimate of drug-likeness (QED) is 0.451. The van der Waals surface area contributed by atoms with Gasteiger partial charge in [-0.2, -0.15) is 0 Å². The van der Waals surface area contributed by atoms with Gasteiger partial charge in [0.2, 0.25) is 0 Å². The third kappa shape index (κ3) is 2.56. The molecule has 0 bridgehead atoms. The van der Waals surface area contributed by atoms with Crippen LogP contribution in [0.4, 0.5) is 0 Å². The third-order valence-electron chi connectivity index (χ3n) is 1.47. The van der Waals surface area contributed by atoms with E-state index in [9.17, 15) is 0 Å². The van der Waals surface area contributed by atoms with Crippen molar-refractivity contribution in [2.45, 2.75) is 6.42 Å². The minimum absolute atomic E-state index is 0. The van der Waals surface area contributed by atoms with Crippen molar-refractivity contribution in [1.82, 2.24) is 0 Å². The molecular weight excluding hydrogens is 170 g/mol. The van der Waals surface area contributed by atoms with E-state index in [4.69, 9.17) is 15.9 Å². The fourth-order valence-corrected chi connectivity index (χ4v) is 0.891. The van der Waals surface area contributed by atoms with E-state index in [1.807, 2.05) is 0 Å². The molecule has 4 heteroatoms. The Morgan fingerprint density at radius 3 is 2.33 bits per heavy atom. The highest BCUT2D eigenvalue weighted by atomic mass is 28.1. The van der Waals surface area contributed by atoms with Crippen LogP contribution in [0.5, 0.6) is 11.5 Å². The van der Waals surface area contributed by atoms with E-state index in [0.29, 0.717) is 13.0 Å². The molecule has 4 radical (unpaired) electrons. The van der Waals surface area contributed by atoms with Gasteiger partial charge in [-0.1, -0.05) is 6.07 Å². The predicted molar refractivity (Wildman–Crippen MR) is 48.3 cm³/mol. The Bertz CT molecular complexity index is 253. The van der Waals surface area contributed by atoms with Crippen molar-refractivity contribution in [2.75, 3.05) is 6.54 Å². The molecule has 12 heavy (non-hydrogen) atoms. The van der Waals surface area contributed by atoms with Gasteiger partial charge in [0.15, 0.2) is 11.5 Å². The van der Waals surface area contributed by atoms with Crippen LogP contribution in [0, 0.1) is 0 Å². The van der Waals surface area contributed by atoms with E-state index in [-0.39, 0.29) is 22.5 Å². The molecule has 0 saturated carbocycles. The zero-order chi connectivity index (χ0) is 8.27. The maximum absolute atomic E-state index is 9.04. The number of hydrogen-bond acceptors (Lipinski definition) is 3. The molecule has 3 nitrogen and oxygen atoms in total. The number of benzene rings is 1. The van der Waals surface area contributed by atoms with Crippen LogP contribution in [0.25, 0.3) is 0 Å². The van der Waals surface area contributed by atoms with Crippen molar-refractivity contribution in [2.24, 2.45) is 5.73 Å². The number of phenols is 2. The molecule has 0 atom stereocenters. The molecular formula is C8H11NO2Si. The summed E-state index contributed by atoms with van der Waals surface area (Å²) < 4.78 is 0. The smallest absolute Gasteiger partial charge is 0.157 e. The van der Waals surface area contributed by atoms with Gasteiger partial charge in [-0.3, -0.25) is 0 Å². The van der Waals surface area contributed by atoms with E-state index < -0.39 is 0 Å². The second kappa shape index (κ2) is 4.79. The molecule has 0 amide bonds. The molecule has 0 aromatic heterocycles. The van der Waals surface area contributed by atoms with Crippen LogP contribution < -0.4 is 5.73 Å². The van der Waals surface area contributed by atoms with Gasteiger partial charge in [0, 0.05) is 11.0 Å². The van der Waals surface area contributed by atoms with Crippen molar-refractivity contribution in [3.63, 3.8) is 0 Å². The van der Waals surface area contributed by atoms with Gasteiger partial charge in [-0.05, 0) is 30.7 Å². The number of hydrogen-bond donors (Lipinski definition) is 3. The van der Waals surface area contributed by atoms with Crippen LogP contribution in [0.2, 0.25) is 0 Å². The minimum atomic E-state index is -0.0919. The number of rotatable bonds is 2. The fraction of sp³-hybridized carbons (Fsp3) is 0.250. The summed E-state index contributed by atoms with van der Waals surface area (Å²) in [4.78, 5) is 0. The second-order valence-electron chi connectivity index (χ2n) is 2.36. The van der Waals surface area contributed by atoms with Crippen LogP contribution in [-0.2, 0) is 6.42 Å². The first kappa shape index (κ1) is 11.0. The lowest BCUT2D eigenvalue weighted by atomic mass is 10.1. The molecule has 0 heterocycles. The highest BCUT2D eigenvalue weighted by Gasteiger charge is 1.98. The lowest BCUT2D eigenvalue weighted by Crippen LogP contribution is -2.02. The average Bonchev–Trinajstić information content (AvgIpc) is 1.98. The number of phenolic OH excluding ortho intramolecular Hbond substituents is 2. The highest BCUT2D eigenvalue weighted by Crippen LogP contribution is 2.24. The van der Waals surface area contributed by atoms with Crippen LogP contribution >= 0.6 is 0 Å². The van der Waals surface area contributed by atoms with Crippen molar-refractivity contribution in [3.8, 4) is 11.5 Å². The number of aromatic hydroxyl groups is 2. The zero-order valence-corrected chi connectivity index (χ0v) is 7.62. The van der Waals surface area contributed by atoms with E-state index >= 15 is 0 Å². The first-order valence-electron chi connectivity index (χ1n) is 3.45. The Labute approximate surface area is 75.9 Å². The van der Waals surface area contributed by atoms with E-state index in [1.165, 1.54) is 12.1 Å². The largest absolute Gasteiger partial charge is 0.504 e. The van der Waals surface area contributed by atoms with Crippen molar-refractivity contribution < 1.29 is 10.2 Å². The molecule has 1 aromatic rings. The third-order valence-corrected chi connectivity index (χ3v) is 1.47. The molecule has 1 rings (SSSR count). The zero-order valence-electron chi connectivity index (χ0n) is 6.62. The first-order chi connectivity index (χ1) is 5.24. The van der Waals surface area contributed by atoms with Crippen LogP contribution in [0.3, 0.4) is 0 Å². The molecule has 4 N–H and O–H groups in total. The number of nitrogens with two attached hydrogens (primary N) is 1. The molecule has 0 fully saturated rings. The summed E-state index contributed by atoms with van der Waals surface area (Å²) in [5.74, 6) is -0.179. The lowest BCUT2D eigenvalue weighted by Gasteiger charge is -2.00. The van der Waals surface area contributed by atoms with Gasteiger partial charge in [0.05, 0.1) is 0 Å². The molecule has 0 aliphatic heterocycles. The summed E-state index contributed by atoms with van der Waals surface area (Å²) in [6.07, 6.45) is 0.716. The fourth-order valence-electron chi connectivity index (χ4n) is 0.891. The summed E-state index contributed by atoms with van der Waals surface area (Å²) in [5.41, 5.74) is 6.24. The Balaban J connectivity index is 0.00000121. The minimum Gasteiger partial charge on any atom is -0.504 e. The van der Waals surface area contributed by atoms with Crippen molar-refractivity contribution in [3.05, 3.63) is 23.8 Å². The lowest BCUT2D eigenvalue weighted by molar-refractivity contribution is 0.403. The average molecular weight is 181 g/mol. The van der Waals surface area contributed by atoms with E-state index in [0.717, 1.165) is 5.56 Å². The summed E-state index contributed by atoms with van der Waals surface area (Å²) in [6, 6.07) is 4.71. The van der Waals surface area contributed by atoms with E-state index in [2.05, 4.69) is 0 Å². The van der Waals surface area contributed by atoms with Crippen molar-refractivity contribution >= 4 is 11.0 Å². The molecule has 0 unspecified atom stereocenters. The summed E-state index contributed by atoms with van der Waals surface area (Å²) in [6.45, 7) is 0.546. The normalized spacial score (nSPS) is 9.08. The summed E-state index contributed by atoms with van der Waals surface area (Å²) in [5, 5.41) is 18.0. The Morgan fingerprint density at radius 1 is 1.17 bits per heavy atom. The standard InChI is InChI=1S/C8H11NO2.Si/c9-4-3-6-1-2-7(10)8(11)5-6;/h1-2,5,10-11H,3-4,9H2;. The molecule has 0 saturated heterocycles. The monoisotopic (exact) mass is 181 g/mol. The maximum Gasteiger partial charge on any atom is 0.157 e. The van der Waals surface area contributed by atoms with Gasteiger partial charge < -0.3 is 15.9 Å². The Hall–Kier alpha value is -1.00. The van der Waals surface area contributed by atoms with Crippen LogP contribution in [-0.4, -0.2) is 27.7 Å². The van der Waals surface area contributed by atoms with Gasteiger partial charge in [0.1, 0.15) is 0 Å². The van der Waals surface area contributed by atoms with Gasteiger partial charge in [-0.25, -0.2) is 0 Å². The van der Waals surface area contributed by atoms with Gasteiger partial charge in [-0.15, -0.1) is 0 Å². The maximum atomic E-state index is 9.04. The molecule has 64 valence electrons. The molecule has 0 spiro atoms. The second-order valence-corrected chi connectivity index (χ2v) is 2.36. The summed E-state index contributed by atoms with van der Waals surface area (Å²) in [7, 11) is 0. The Kier molecular flexibility index (Phi) is 4.39. The highest BCUT2D eigenvalue weighted by molar-refractivity contribution is 5.75. The van der Waals surface area contributed by atoms with Gasteiger partial charge in [0.25, 0.3) is 0 Å². The van der Waals surface area contributed by atoms with Gasteiger partial charge >= 0.3 is 0 Å². The first-order valence-corrected chi connectivity index (χ1v) is 3.45. The van der Waals surface area contributed by atoms with Crippen LogP contribution in [0.15, 0.2) is 18.2 Å². The molecule has 1 aromatic carbocycles.